The monoisotopic (exact) mass is 459 g/mol. The largest absolute Gasteiger partial charge is 0.497 e. The molecule has 5 rings (SSSR count). The maximum atomic E-state index is 6.13. The Morgan fingerprint density at radius 3 is 2.72 bits per heavy atom. The van der Waals surface area contributed by atoms with Gasteiger partial charge in [-0.1, -0.05) is 48.0 Å². The molecule has 32 heavy (non-hydrogen) atoms. The molecule has 0 saturated heterocycles. The second-order valence-electron chi connectivity index (χ2n) is 7.48. The molecule has 2 heterocycles. The van der Waals surface area contributed by atoms with Crippen molar-refractivity contribution in [2.45, 2.75) is 13.0 Å². The SMILES string of the molecule is COc1cccc(N=c2scc(-c3ccc(Cl)cc3)n2CCc2c[nH]c3ccccc23)c1. The summed E-state index contributed by atoms with van der Waals surface area (Å²) in [6.45, 7) is 0.812. The lowest BCUT2D eigenvalue weighted by Crippen LogP contribution is -2.17. The van der Waals surface area contributed by atoms with E-state index in [0.717, 1.165) is 51.0 Å². The Bertz CT molecular complexity index is 1430. The predicted molar refractivity (Wildman–Crippen MR) is 133 cm³/mol. The van der Waals surface area contributed by atoms with Crippen LogP contribution in [0.3, 0.4) is 0 Å². The van der Waals surface area contributed by atoms with Gasteiger partial charge < -0.3 is 14.3 Å². The summed E-state index contributed by atoms with van der Waals surface area (Å²) in [7, 11) is 1.67. The molecular weight excluding hydrogens is 438 g/mol. The molecule has 0 aliphatic carbocycles. The van der Waals surface area contributed by atoms with Gasteiger partial charge in [0, 0.05) is 40.1 Å². The minimum atomic E-state index is 0.732. The fourth-order valence-corrected chi connectivity index (χ4v) is 4.93. The first-order chi connectivity index (χ1) is 15.7. The van der Waals surface area contributed by atoms with Gasteiger partial charge in [0.05, 0.1) is 18.5 Å². The molecule has 0 unspecified atom stereocenters. The number of aryl methyl sites for hydroxylation is 1. The van der Waals surface area contributed by atoms with Gasteiger partial charge in [0.1, 0.15) is 5.75 Å². The van der Waals surface area contributed by atoms with E-state index in [-0.39, 0.29) is 0 Å². The minimum Gasteiger partial charge on any atom is -0.497 e. The molecule has 0 bridgehead atoms. The molecule has 0 atom stereocenters. The minimum absolute atomic E-state index is 0.732. The molecule has 5 aromatic rings. The van der Waals surface area contributed by atoms with Crippen molar-refractivity contribution in [3.8, 4) is 17.0 Å². The number of ether oxygens (including phenoxy) is 1. The van der Waals surface area contributed by atoms with Crippen molar-refractivity contribution in [2.75, 3.05) is 7.11 Å². The number of halogens is 1. The Labute approximate surface area is 195 Å². The molecule has 3 aromatic carbocycles. The van der Waals surface area contributed by atoms with Crippen LogP contribution >= 0.6 is 22.9 Å². The van der Waals surface area contributed by atoms with Gasteiger partial charge in [-0.2, -0.15) is 0 Å². The lowest BCUT2D eigenvalue weighted by Gasteiger charge is -2.10. The van der Waals surface area contributed by atoms with Crippen LogP contribution in [-0.4, -0.2) is 16.7 Å². The number of H-pyrrole nitrogens is 1. The van der Waals surface area contributed by atoms with Crippen molar-refractivity contribution < 1.29 is 4.74 Å². The Kier molecular flexibility index (Phi) is 5.84. The van der Waals surface area contributed by atoms with Gasteiger partial charge in [-0.05, 0) is 47.9 Å². The quantitative estimate of drug-likeness (QED) is 0.297. The van der Waals surface area contributed by atoms with E-state index in [1.165, 1.54) is 10.9 Å². The predicted octanol–water partition coefficient (Wildman–Crippen LogP) is 6.84. The fourth-order valence-electron chi connectivity index (χ4n) is 3.85. The topological polar surface area (TPSA) is 42.3 Å². The van der Waals surface area contributed by atoms with Crippen molar-refractivity contribution >= 4 is 39.5 Å². The van der Waals surface area contributed by atoms with Crippen LogP contribution in [0.4, 0.5) is 5.69 Å². The number of rotatable bonds is 6. The normalized spacial score (nSPS) is 11.9. The molecule has 0 amide bonds. The van der Waals surface area contributed by atoms with Gasteiger partial charge in [-0.15, -0.1) is 11.3 Å². The summed E-state index contributed by atoms with van der Waals surface area (Å²) in [5, 5.41) is 4.16. The zero-order chi connectivity index (χ0) is 21.9. The molecule has 0 aliphatic heterocycles. The fraction of sp³-hybridized carbons (Fsp3) is 0.115. The van der Waals surface area contributed by atoms with Crippen LogP contribution in [-0.2, 0) is 13.0 Å². The van der Waals surface area contributed by atoms with Crippen LogP contribution in [0.5, 0.6) is 5.75 Å². The van der Waals surface area contributed by atoms with E-state index in [0.29, 0.717) is 0 Å². The third-order valence-corrected chi connectivity index (χ3v) is 6.61. The van der Waals surface area contributed by atoms with Crippen LogP contribution in [0.2, 0.25) is 5.02 Å². The molecule has 0 aliphatic rings. The van der Waals surface area contributed by atoms with E-state index in [9.17, 15) is 0 Å². The first-order valence-corrected chi connectivity index (χ1v) is 11.6. The van der Waals surface area contributed by atoms with Gasteiger partial charge in [0.25, 0.3) is 0 Å². The highest BCUT2D eigenvalue weighted by molar-refractivity contribution is 7.07. The van der Waals surface area contributed by atoms with Gasteiger partial charge in [-0.25, -0.2) is 4.99 Å². The van der Waals surface area contributed by atoms with E-state index in [4.69, 9.17) is 21.3 Å². The molecule has 4 nitrogen and oxygen atoms in total. The molecule has 0 spiro atoms. The van der Waals surface area contributed by atoms with Crippen molar-refractivity contribution in [2.24, 2.45) is 4.99 Å². The maximum absolute atomic E-state index is 6.13. The molecule has 0 fully saturated rings. The average molecular weight is 460 g/mol. The number of aromatic amines is 1. The van der Waals surface area contributed by atoms with E-state index < -0.39 is 0 Å². The van der Waals surface area contributed by atoms with E-state index in [1.54, 1.807) is 18.4 Å². The van der Waals surface area contributed by atoms with Crippen LogP contribution in [0.25, 0.3) is 22.2 Å². The average Bonchev–Trinajstić information content (AvgIpc) is 3.42. The number of methoxy groups -OCH3 is 1. The van der Waals surface area contributed by atoms with E-state index in [1.807, 2.05) is 36.4 Å². The highest BCUT2D eigenvalue weighted by Gasteiger charge is 2.11. The van der Waals surface area contributed by atoms with Crippen molar-refractivity contribution in [3.63, 3.8) is 0 Å². The molecule has 1 N–H and O–H groups in total. The lowest BCUT2D eigenvalue weighted by atomic mass is 10.1. The summed E-state index contributed by atoms with van der Waals surface area (Å²) < 4.78 is 7.65. The van der Waals surface area contributed by atoms with Gasteiger partial charge in [0.2, 0.25) is 0 Å². The van der Waals surface area contributed by atoms with Crippen molar-refractivity contribution in [3.05, 3.63) is 99.8 Å². The summed E-state index contributed by atoms with van der Waals surface area (Å²) in [6.07, 6.45) is 3.01. The molecule has 160 valence electrons. The maximum Gasteiger partial charge on any atom is 0.190 e. The van der Waals surface area contributed by atoms with Gasteiger partial charge in [-0.3, -0.25) is 0 Å². The summed E-state index contributed by atoms with van der Waals surface area (Å²) in [5.74, 6) is 0.797. The Hall–Kier alpha value is -3.28. The Morgan fingerprint density at radius 2 is 1.88 bits per heavy atom. The van der Waals surface area contributed by atoms with Gasteiger partial charge >= 0.3 is 0 Å². The summed E-state index contributed by atoms with van der Waals surface area (Å²) in [5.41, 5.74) is 5.59. The van der Waals surface area contributed by atoms with E-state index in [2.05, 4.69) is 57.5 Å². The van der Waals surface area contributed by atoms with Crippen molar-refractivity contribution in [1.29, 1.82) is 0 Å². The summed E-state index contributed by atoms with van der Waals surface area (Å²) >= 11 is 7.77. The number of nitrogens with one attached hydrogen (secondary N) is 1. The molecule has 6 heteroatoms. The third kappa shape index (κ3) is 4.22. The van der Waals surface area contributed by atoms with Crippen LogP contribution in [0.15, 0.2) is 89.4 Å². The highest BCUT2D eigenvalue weighted by Crippen LogP contribution is 2.25. The summed E-state index contributed by atoms with van der Waals surface area (Å²) in [6, 6.07) is 24.2. The number of hydrogen-bond donors (Lipinski definition) is 1. The Morgan fingerprint density at radius 1 is 1.03 bits per heavy atom. The lowest BCUT2D eigenvalue weighted by molar-refractivity contribution is 0.415. The zero-order valence-electron chi connectivity index (χ0n) is 17.6. The molecule has 0 radical (unpaired) electrons. The molecule has 0 saturated carbocycles. The second kappa shape index (κ2) is 9.07. The Balaban J connectivity index is 1.56. The molecule has 2 aromatic heterocycles. The van der Waals surface area contributed by atoms with E-state index >= 15 is 0 Å². The summed E-state index contributed by atoms with van der Waals surface area (Å²) in [4.78, 5) is 9.27. The standard InChI is InChI=1S/C26H22ClN3OS/c1-31-22-6-4-5-21(15-22)29-26-30(25(17-32-26)18-9-11-20(27)12-10-18)14-13-19-16-28-24-8-3-2-7-23(19)24/h2-12,15-17,28H,13-14H2,1H3. The first kappa shape index (κ1) is 20.6. The first-order valence-electron chi connectivity index (χ1n) is 10.4. The van der Waals surface area contributed by atoms with Crippen LogP contribution in [0.1, 0.15) is 5.56 Å². The molecular formula is C26H22ClN3OS. The van der Waals surface area contributed by atoms with Crippen molar-refractivity contribution in [1.82, 2.24) is 9.55 Å². The number of para-hydroxylation sites is 1. The number of benzene rings is 3. The number of nitrogens with zero attached hydrogens (tertiary/aromatic N) is 2. The number of fused-ring (bicyclic) bond motifs is 1. The smallest absolute Gasteiger partial charge is 0.190 e. The number of hydrogen-bond acceptors (Lipinski definition) is 3. The third-order valence-electron chi connectivity index (χ3n) is 5.50. The second-order valence-corrected chi connectivity index (χ2v) is 8.76. The van der Waals surface area contributed by atoms with Gasteiger partial charge in [0.15, 0.2) is 4.80 Å². The van der Waals surface area contributed by atoms with Crippen LogP contribution < -0.4 is 9.54 Å². The van der Waals surface area contributed by atoms with Crippen LogP contribution in [0, 0.1) is 0 Å². The number of thiazole rings is 1. The highest BCUT2D eigenvalue weighted by atomic mass is 35.5. The number of aromatic nitrogens is 2. The zero-order valence-corrected chi connectivity index (χ0v) is 19.2.